The molecule has 0 N–H and O–H groups in total. The van der Waals surface area contributed by atoms with Gasteiger partial charge in [0, 0.05) is 5.88 Å². The molecule has 0 atom stereocenters. The van der Waals surface area contributed by atoms with E-state index in [1.54, 1.807) is 0 Å². The molecule has 1 heteroatoms. The van der Waals surface area contributed by atoms with Crippen LogP contribution in [-0.4, -0.2) is 5.88 Å². The van der Waals surface area contributed by atoms with Crippen molar-refractivity contribution in [3.63, 3.8) is 0 Å². The summed E-state index contributed by atoms with van der Waals surface area (Å²) < 4.78 is 0. The van der Waals surface area contributed by atoms with Gasteiger partial charge in [-0.3, -0.25) is 0 Å². The molecule has 0 heterocycles. The standard InChI is InChI=1S/C20H41Cl.C10H8/c1-2-3-4-5-6-7-8-9-10-11-12-13-14-15-16-17-18-19-20-21;1-2-6-10-8-4-3-7-9(10)5-1/h2-20H2,1H3;1-8H. The van der Waals surface area contributed by atoms with Gasteiger partial charge in [-0.25, -0.2) is 0 Å². The summed E-state index contributed by atoms with van der Waals surface area (Å²) in [7, 11) is 0. The third-order valence-corrected chi connectivity index (χ3v) is 6.41. The highest BCUT2D eigenvalue weighted by Crippen LogP contribution is 2.14. The van der Waals surface area contributed by atoms with Crippen LogP contribution in [0.1, 0.15) is 122 Å². The fourth-order valence-corrected chi connectivity index (χ4v) is 4.32. The Morgan fingerprint density at radius 1 is 0.419 bits per heavy atom. The van der Waals surface area contributed by atoms with Crippen LogP contribution in [0.15, 0.2) is 48.5 Å². The van der Waals surface area contributed by atoms with Crippen molar-refractivity contribution in [1.82, 2.24) is 0 Å². The van der Waals surface area contributed by atoms with E-state index in [0.29, 0.717) is 0 Å². The van der Waals surface area contributed by atoms with Crippen molar-refractivity contribution in [3.05, 3.63) is 48.5 Å². The summed E-state index contributed by atoms with van der Waals surface area (Å²) in [5.41, 5.74) is 0. The summed E-state index contributed by atoms with van der Waals surface area (Å²) >= 11 is 5.67. The lowest BCUT2D eigenvalue weighted by Crippen LogP contribution is -1.84. The summed E-state index contributed by atoms with van der Waals surface area (Å²) in [4.78, 5) is 0. The molecule has 0 bridgehead atoms. The minimum Gasteiger partial charge on any atom is -0.127 e. The number of alkyl halides is 1. The molecule has 0 spiro atoms. The number of halogens is 1. The van der Waals surface area contributed by atoms with Crippen molar-refractivity contribution in [3.8, 4) is 0 Å². The Bertz CT molecular complexity index is 523. The molecular formula is C30H49Cl. The fraction of sp³-hybridized carbons (Fsp3) is 0.667. The lowest BCUT2D eigenvalue weighted by atomic mass is 10.0. The second-order valence-electron chi connectivity index (χ2n) is 9.05. The summed E-state index contributed by atoms with van der Waals surface area (Å²) in [6.07, 6.45) is 25.8. The highest BCUT2D eigenvalue weighted by atomic mass is 35.5. The van der Waals surface area contributed by atoms with Crippen molar-refractivity contribution < 1.29 is 0 Å². The first-order valence-electron chi connectivity index (χ1n) is 13.4. The van der Waals surface area contributed by atoms with E-state index in [1.807, 2.05) is 0 Å². The highest BCUT2D eigenvalue weighted by Gasteiger charge is 1.94. The summed E-state index contributed by atoms with van der Waals surface area (Å²) in [6.45, 7) is 2.29. The highest BCUT2D eigenvalue weighted by molar-refractivity contribution is 6.17. The fourth-order valence-electron chi connectivity index (χ4n) is 4.13. The van der Waals surface area contributed by atoms with Gasteiger partial charge in [0.05, 0.1) is 0 Å². The predicted octanol–water partition coefficient (Wildman–Crippen LogP) is 11.1. The maximum absolute atomic E-state index is 5.67. The molecule has 31 heavy (non-hydrogen) atoms. The van der Waals surface area contributed by atoms with Gasteiger partial charge in [0.25, 0.3) is 0 Å². The topological polar surface area (TPSA) is 0 Å². The van der Waals surface area contributed by atoms with Crippen LogP contribution in [0.25, 0.3) is 10.8 Å². The van der Waals surface area contributed by atoms with Crippen molar-refractivity contribution in [2.75, 3.05) is 5.88 Å². The van der Waals surface area contributed by atoms with Gasteiger partial charge in [-0.15, -0.1) is 11.6 Å². The third-order valence-electron chi connectivity index (χ3n) is 6.15. The molecule has 0 radical (unpaired) electrons. The van der Waals surface area contributed by atoms with Crippen LogP contribution >= 0.6 is 11.6 Å². The number of benzene rings is 2. The second kappa shape index (κ2) is 22.2. The minimum atomic E-state index is 0.846. The number of hydrogen-bond acceptors (Lipinski definition) is 0. The SMILES string of the molecule is CCCCCCCCCCCCCCCCCCCCCl.c1ccc2ccccc2c1. The van der Waals surface area contributed by atoms with Gasteiger partial charge in [0.2, 0.25) is 0 Å². The molecule has 0 aromatic heterocycles. The lowest BCUT2D eigenvalue weighted by molar-refractivity contribution is 0.526. The number of hydrogen-bond donors (Lipinski definition) is 0. The van der Waals surface area contributed by atoms with Crippen LogP contribution in [0.5, 0.6) is 0 Å². The summed E-state index contributed by atoms with van der Waals surface area (Å²) in [5.74, 6) is 0.846. The molecule has 0 aliphatic heterocycles. The minimum absolute atomic E-state index is 0.846. The molecule has 176 valence electrons. The van der Waals surface area contributed by atoms with E-state index in [4.69, 9.17) is 11.6 Å². The first-order chi connectivity index (χ1) is 15.4. The van der Waals surface area contributed by atoms with E-state index < -0.39 is 0 Å². The smallest absolute Gasteiger partial charge is 0.0223 e. The molecule has 0 fully saturated rings. The molecule has 0 aliphatic rings. The Morgan fingerprint density at radius 2 is 0.677 bits per heavy atom. The zero-order valence-corrected chi connectivity index (χ0v) is 21.2. The van der Waals surface area contributed by atoms with Crippen LogP contribution in [0.4, 0.5) is 0 Å². The van der Waals surface area contributed by atoms with E-state index in [1.165, 1.54) is 126 Å². The van der Waals surface area contributed by atoms with Crippen LogP contribution < -0.4 is 0 Å². The van der Waals surface area contributed by atoms with Crippen LogP contribution in [-0.2, 0) is 0 Å². The lowest BCUT2D eigenvalue weighted by Gasteiger charge is -2.03. The quantitative estimate of drug-likeness (QED) is 0.158. The monoisotopic (exact) mass is 444 g/mol. The zero-order valence-electron chi connectivity index (χ0n) is 20.4. The Kier molecular flexibility index (Phi) is 20.1. The normalized spacial score (nSPS) is 10.8. The van der Waals surface area contributed by atoms with Crippen LogP contribution in [0.2, 0.25) is 0 Å². The van der Waals surface area contributed by atoms with Gasteiger partial charge in [0.1, 0.15) is 0 Å². The molecule has 0 nitrogen and oxygen atoms in total. The summed E-state index contributed by atoms with van der Waals surface area (Å²) in [5, 5.41) is 2.62. The molecule has 0 saturated carbocycles. The van der Waals surface area contributed by atoms with Crippen LogP contribution in [0.3, 0.4) is 0 Å². The maximum atomic E-state index is 5.67. The average Bonchev–Trinajstić information content (AvgIpc) is 2.81. The Balaban J connectivity index is 0.000000391. The van der Waals surface area contributed by atoms with Crippen molar-refractivity contribution >= 4 is 22.4 Å². The van der Waals surface area contributed by atoms with E-state index in [9.17, 15) is 0 Å². The average molecular weight is 445 g/mol. The van der Waals surface area contributed by atoms with Gasteiger partial charge >= 0.3 is 0 Å². The van der Waals surface area contributed by atoms with Gasteiger partial charge in [-0.2, -0.15) is 0 Å². The van der Waals surface area contributed by atoms with Gasteiger partial charge in [-0.1, -0.05) is 165 Å². The molecule has 0 amide bonds. The van der Waals surface area contributed by atoms with E-state index in [-0.39, 0.29) is 0 Å². The Hall–Kier alpha value is -1.01. The maximum Gasteiger partial charge on any atom is 0.0223 e. The molecule has 0 saturated heterocycles. The number of unbranched alkanes of at least 4 members (excludes halogenated alkanes) is 17. The van der Waals surface area contributed by atoms with Crippen LogP contribution in [0, 0.1) is 0 Å². The first kappa shape index (κ1) is 28.0. The van der Waals surface area contributed by atoms with Crippen molar-refractivity contribution in [1.29, 1.82) is 0 Å². The van der Waals surface area contributed by atoms with Gasteiger partial charge < -0.3 is 0 Å². The molecule has 0 unspecified atom stereocenters. The Labute approximate surface area is 199 Å². The molecule has 0 aliphatic carbocycles. The van der Waals surface area contributed by atoms with E-state index in [2.05, 4.69) is 55.5 Å². The van der Waals surface area contributed by atoms with Gasteiger partial charge in [-0.05, 0) is 17.2 Å². The van der Waals surface area contributed by atoms with E-state index >= 15 is 0 Å². The largest absolute Gasteiger partial charge is 0.127 e. The third kappa shape index (κ3) is 17.2. The molecule has 2 rings (SSSR count). The summed E-state index contributed by atoms with van der Waals surface area (Å²) in [6, 6.07) is 16.7. The van der Waals surface area contributed by atoms with Crippen molar-refractivity contribution in [2.24, 2.45) is 0 Å². The number of fused-ring (bicyclic) bond motifs is 1. The Morgan fingerprint density at radius 3 is 0.935 bits per heavy atom. The molecule has 2 aromatic rings. The zero-order chi connectivity index (χ0) is 22.2. The van der Waals surface area contributed by atoms with E-state index in [0.717, 1.165) is 5.88 Å². The first-order valence-corrected chi connectivity index (χ1v) is 13.9. The predicted molar refractivity (Wildman–Crippen MR) is 143 cm³/mol. The molecular weight excluding hydrogens is 396 g/mol. The van der Waals surface area contributed by atoms with Gasteiger partial charge in [0.15, 0.2) is 0 Å². The molecule has 2 aromatic carbocycles. The van der Waals surface area contributed by atoms with Crippen molar-refractivity contribution in [2.45, 2.75) is 122 Å². The second-order valence-corrected chi connectivity index (χ2v) is 9.42. The number of rotatable bonds is 18.